The quantitative estimate of drug-likeness (QED) is 0.730. The number of benzene rings is 2. The third-order valence-corrected chi connectivity index (χ3v) is 4.18. The van der Waals surface area contributed by atoms with Gasteiger partial charge in [0, 0.05) is 17.0 Å². The van der Waals surface area contributed by atoms with E-state index in [1.165, 1.54) is 0 Å². The third-order valence-electron chi connectivity index (χ3n) is 4.18. The van der Waals surface area contributed by atoms with Crippen molar-refractivity contribution in [2.45, 2.75) is 6.92 Å². The molecule has 0 saturated carbocycles. The van der Waals surface area contributed by atoms with Crippen LogP contribution in [0.5, 0.6) is 23.0 Å². The fraction of sp³-hybridized carbons (Fsp3) is 0.211. The van der Waals surface area contributed by atoms with Gasteiger partial charge in [-0.25, -0.2) is 4.98 Å². The largest absolute Gasteiger partial charge is 0.497 e. The normalized spacial score (nSPS) is 12.5. The van der Waals surface area contributed by atoms with E-state index in [4.69, 9.17) is 23.9 Å². The standard InChI is InChI=1S/C19H17NO4/c1-11-6-15(20-16-9-13(21-2)4-5-14(11)16)12-7-17(22-3)19-18(8-12)23-10-24-19/h4-9H,10H2,1-3H3. The van der Waals surface area contributed by atoms with E-state index < -0.39 is 0 Å². The molecule has 122 valence electrons. The van der Waals surface area contributed by atoms with Crippen LogP contribution < -0.4 is 18.9 Å². The summed E-state index contributed by atoms with van der Waals surface area (Å²) in [7, 11) is 3.27. The smallest absolute Gasteiger partial charge is 0.231 e. The van der Waals surface area contributed by atoms with E-state index in [2.05, 4.69) is 13.0 Å². The minimum atomic E-state index is 0.205. The SMILES string of the molecule is COc1ccc2c(C)cc(-c3cc(OC)c4c(c3)OCO4)nc2c1. The molecular formula is C19H17NO4. The molecule has 1 aliphatic heterocycles. The molecule has 0 fully saturated rings. The van der Waals surface area contributed by atoms with Crippen molar-refractivity contribution in [2.24, 2.45) is 0 Å². The Hall–Kier alpha value is -2.95. The number of hydrogen-bond acceptors (Lipinski definition) is 5. The number of methoxy groups -OCH3 is 2. The lowest BCUT2D eigenvalue weighted by Gasteiger charge is -2.11. The fourth-order valence-electron chi connectivity index (χ4n) is 2.93. The van der Waals surface area contributed by atoms with Crippen molar-refractivity contribution in [1.29, 1.82) is 0 Å². The molecule has 1 aliphatic rings. The molecule has 5 nitrogen and oxygen atoms in total. The van der Waals surface area contributed by atoms with Crippen molar-refractivity contribution in [2.75, 3.05) is 21.0 Å². The average molecular weight is 323 g/mol. The number of aryl methyl sites for hydroxylation is 1. The number of hydrogen-bond donors (Lipinski definition) is 0. The molecule has 0 aliphatic carbocycles. The van der Waals surface area contributed by atoms with Crippen LogP contribution in [-0.2, 0) is 0 Å². The molecule has 4 rings (SSSR count). The van der Waals surface area contributed by atoms with Crippen molar-refractivity contribution in [3.63, 3.8) is 0 Å². The Balaban J connectivity index is 1.90. The second kappa shape index (κ2) is 5.60. The number of ether oxygens (including phenoxy) is 4. The van der Waals surface area contributed by atoms with Crippen LogP contribution in [0.15, 0.2) is 36.4 Å². The van der Waals surface area contributed by atoms with Crippen molar-refractivity contribution < 1.29 is 18.9 Å². The van der Waals surface area contributed by atoms with Gasteiger partial charge >= 0.3 is 0 Å². The lowest BCUT2D eigenvalue weighted by molar-refractivity contribution is 0.171. The first-order chi connectivity index (χ1) is 11.7. The summed E-state index contributed by atoms with van der Waals surface area (Å²) in [5.74, 6) is 2.75. The van der Waals surface area contributed by atoms with E-state index in [0.29, 0.717) is 17.2 Å². The van der Waals surface area contributed by atoms with Crippen molar-refractivity contribution in [1.82, 2.24) is 4.98 Å². The minimum absolute atomic E-state index is 0.205. The van der Waals surface area contributed by atoms with Gasteiger partial charge < -0.3 is 18.9 Å². The molecule has 0 amide bonds. The number of nitrogens with zero attached hydrogens (tertiary/aromatic N) is 1. The van der Waals surface area contributed by atoms with Crippen LogP contribution >= 0.6 is 0 Å². The first-order valence-electron chi connectivity index (χ1n) is 7.63. The fourth-order valence-corrected chi connectivity index (χ4v) is 2.93. The first kappa shape index (κ1) is 14.6. The predicted molar refractivity (Wildman–Crippen MR) is 91.1 cm³/mol. The Bertz CT molecular complexity index is 936. The van der Waals surface area contributed by atoms with Crippen LogP contribution in [0.2, 0.25) is 0 Å². The van der Waals surface area contributed by atoms with Gasteiger partial charge in [0.15, 0.2) is 11.5 Å². The molecule has 0 unspecified atom stereocenters. The molecule has 2 aromatic carbocycles. The van der Waals surface area contributed by atoms with Crippen molar-refractivity contribution in [3.8, 4) is 34.3 Å². The van der Waals surface area contributed by atoms with Crippen LogP contribution in [-0.4, -0.2) is 26.0 Å². The van der Waals surface area contributed by atoms with Gasteiger partial charge in [-0.2, -0.15) is 0 Å². The highest BCUT2D eigenvalue weighted by Gasteiger charge is 2.21. The molecule has 3 aromatic rings. The molecule has 0 N–H and O–H groups in total. The summed E-state index contributed by atoms with van der Waals surface area (Å²) in [5, 5.41) is 1.10. The molecule has 0 spiro atoms. The number of pyridine rings is 1. The maximum absolute atomic E-state index is 5.51. The van der Waals surface area contributed by atoms with Crippen LogP contribution in [0.3, 0.4) is 0 Å². The first-order valence-corrected chi connectivity index (χ1v) is 7.63. The second-order valence-corrected chi connectivity index (χ2v) is 5.62. The zero-order valence-electron chi connectivity index (χ0n) is 13.8. The second-order valence-electron chi connectivity index (χ2n) is 5.62. The molecule has 0 bridgehead atoms. The van der Waals surface area contributed by atoms with Crippen LogP contribution in [0.4, 0.5) is 0 Å². The van der Waals surface area contributed by atoms with Gasteiger partial charge in [0.05, 0.1) is 25.4 Å². The van der Waals surface area contributed by atoms with Gasteiger partial charge in [0.1, 0.15) is 5.75 Å². The third kappa shape index (κ3) is 2.29. The minimum Gasteiger partial charge on any atom is -0.497 e. The van der Waals surface area contributed by atoms with Crippen LogP contribution in [0.1, 0.15) is 5.56 Å². The average Bonchev–Trinajstić information content (AvgIpc) is 3.08. The molecular weight excluding hydrogens is 306 g/mol. The van der Waals surface area contributed by atoms with E-state index in [1.54, 1.807) is 14.2 Å². The molecule has 0 radical (unpaired) electrons. The van der Waals surface area contributed by atoms with Gasteiger partial charge in [-0.1, -0.05) is 0 Å². The maximum atomic E-state index is 5.51. The molecule has 5 heteroatoms. The highest BCUT2D eigenvalue weighted by molar-refractivity contribution is 5.86. The summed E-state index contributed by atoms with van der Waals surface area (Å²) >= 11 is 0. The zero-order valence-corrected chi connectivity index (χ0v) is 13.8. The molecule has 0 saturated heterocycles. The Labute approximate surface area is 139 Å². The summed E-state index contributed by atoms with van der Waals surface area (Å²) < 4.78 is 21.7. The van der Waals surface area contributed by atoms with Crippen LogP contribution in [0, 0.1) is 6.92 Å². The van der Waals surface area contributed by atoms with Crippen molar-refractivity contribution >= 4 is 10.9 Å². The van der Waals surface area contributed by atoms with E-state index >= 15 is 0 Å². The summed E-state index contributed by atoms with van der Waals surface area (Å²) in [5.41, 5.74) is 3.81. The van der Waals surface area contributed by atoms with Gasteiger partial charge in [0.25, 0.3) is 0 Å². The van der Waals surface area contributed by atoms with E-state index in [-0.39, 0.29) is 6.79 Å². The maximum Gasteiger partial charge on any atom is 0.231 e. The number of aromatic nitrogens is 1. The molecule has 24 heavy (non-hydrogen) atoms. The Kier molecular flexibility index (Phi) is 3.41. The lowest BCUT2D eigenvalue weighted by atomic mass is 10.0. The van der Waals surface area contributed by atoms with Crippen LogP contribution in [0.25, 0.3) is 22.2 Å². The Morgan fingerprint density at radius 2 is 1.88 bits per heavy atom. The summed E-state index contributed by atoms with van der Waals surface area (Å²) in [6.07, 6.45) is 0. The summed E-state index contributed by atoms with van der Waals surface area (Å²) in [4.78, 5) is 4.78. The van der Waals surface area contributed by atoms with E-state index in [0.717, 1.165) is 33.5 Å². The van der Waals surface area contributed by atoms with E-state index in [9.17, 15) is 0 Å². The Morgan fingerprint density at radius 1 is 1.00 bits per heavy atom. The highest BCUT2D eigenvalue weighted by Crippen LogP contribution is 2.44. The van der Waals surface area contributed by atoms with Gasteiger partial charge in [-0.3, -0.25) is 0 Å². The lowest BCUT2D eigenvalue weighted by Crippen LogP contribution is -1.93. The summed E-state index contributed by atoms with van der Waals surface area (Å²) in [6.45, 7) is 2.28. The number of fused-ring (bicyclic) bond motifs is 2. The Morgan fingerprint density at radius 3 is 2.67 bits per heavy atom. The zero-order chi connectivity index (χ0) is 16.7. The van der Waals surface area contributed by atoms with Gasteiger partial charge in [0.2, 0.25) is 12.5 Å². The van der Waals surface area contributed by atoms with Gasteiger partial charge in [-0.15, -0.1) is 0 Å². The molecule has 2 heterocycles. The van der Waals surface area contributed by atoms with Gasteiger partial charge in [-0.05, 0) is 42.8 Å². The molecule has 0 atom stereocenters. The number of rotatable bonds is 3. The topological polar surface area (TPSA) is 49.8 Å². The monoisotopic (exact) mass is 323 g/mol. The van der Waals surface area contributed by atoms with Crippen molar-refractivity contribution in [3.05, 3.63) is 42.0 Å². The predicted octanol–water partition coefficient (Wildman–Crippen LogP) is 3.96. The van der Waals surface area contributed by atoms with E-state index in [1.807, 2.05) is 30.3 Å². The molecule has 1 aromatic heterocycles. The highest BCUT2D eigenvalue weighted by atomic mass is 16.7. The summed E-state index contributed by atoms with van der Waals surface area (Å²) in [6, 6.07) is 11.8.